The van der Waals surface area contributed by atoms with Gasteiger partial charge in [-0.05, 0) is 74.4 Å². The van der Waals surface area contributed by atoms with E-state index in [-0.39, 0.29) is 0 Å². The van der Waals surface area contributed by atoms with Crippen LogP contribution in [0.2, 0.25) is 0 Å². The van der Waals surface area contributed by atoms with Gasteiger partial charge in [-0.25, -0.2) is 0 Å². The minimum atomic E-state index is 0.696. The van der Waals surface area contributed by atoms with Gasteiger partial charge in [0.2, 0.25) is 0 Å². The first-order valence-corrected chi connectivity index (χ1v) is 8.70. The second-order valence-corrected chi connectivity index (χ2v) is 6.38. The highest BCUT2D eigenvalue weighted by Gasteiger charge is 2.02. The molecule has 3 aromatic carbocycles. The number of nitrogens with zero attached hydrogens (tertiary/aromatic N) is 4. The Morgan fingerprint density at radius 2 is 1.11 bits per heavy atom. The van der Waals surface area contributed by atoms with Crippen LogP contribution in [0.1, 0.15) is 16.7 Å². The van der Waals surface area contributed by atoms with Crippen LogP contribution in [0.15, 0.2) is 81.1 Å². The van der Waals surface area contributed by atoms with Crippen LogP contribution < -0.4 is 4.74 Å². The monoisotopic (exact) mass is 358 g/mol. The topological polar surface area (TPSA) is 58.7 Å². The fraction of sp³-hybridized carbons (Fsp3) is 0.182. The van der Waals surface area contributed by atoms with Gasteiger partial charge in [-0.2, -0.15) is 15.3 Å². The number of aryl methyl sites for hydroxylation is 3. The molecule has 0 spiro atoms. The molecule has 5 nitrogen and oxygen atoms in total. The number of hydrogen-bond acceptors (Lipinski definition) is 5. The largest absolute Gasteiger partial charge is 0.494 e. The zero-order chi connectivity index (χ0) is 19.2. The highest BCUT2D eigenvalue weighted by molar-refractivity contribution is 5.54. The van der Waals surface area contributed by atoms with E-state index in [2.05, 4.69) is 33.4 Å². The summed E-state index contributed by atoms with van der Waals surface area (Å²) in [4.78, 5) is 0. The second kappa shape index (κ2) is 8.36. The van der Waals surface area contributed by atoms with E-state index in [1.807, 2.05) is 68.4 Å². The van der Waals surface area contributed by atoms with Crippen molar-refractivity contribution in [2.45, 2.75) is 20.8 Å². The Bertz CT molecular complexity index is 992. The fourth-order valence-corrected chi connectivity index (χ4v) is 2.59. The molecule has 0 aliphatic heterocycles. The van der Waals surface area contributed by atoms with Gasteiger partial charge in [0.05, 0.1) is 24.2 Å². The van der Waals surface area contributed by atoms with Crippen LogP contribution >= 0.6 is 0 Å². The summed E-state index contributed by atoms with van der Waals surface area (Å²) in [6.45, 7) is 6.10. The number of ether oxygens (including phenoxy) is 1. The highest BCUT2D eigenvalue weighted by atomic mass is 16.5. The quantitative estimate of drug-likeness (QED) is 0.437. The third kappa shape index (κ3) is 4.85. The van der Waals surface area contributed by atoms with Crippen molar-refractivity contribution in [3.05, 3.63) is 77.4 Å². The molecule has 0 saturated carbocycles. The van der Waals surface area contributed by atoms with Crippen LogP contribution in [-0.2, 0) is 0 Å². The number of azo groups is 2. The lowest BCUT2D eigenvalue weighted by Crippen LogP contribution is -1.83. The molecule has 0 bridgehead atoms. The summed E-state index contributed by atoms with van der Waals surface area (Å²) in [7, 11) is 1.63. The maximum absolute atomic E-state index is 5.34. The standard InChI is InChI=1S/C22H22N4O/c1-15-5-11-20(17(3)13-15)25-23-18-7-9-19(10-8-18)24-26-21-12-6-16(2)14-22(21)27-4/h5-14H,1-4H3. The van der Waals surface area contributed by atoms with Gasteiger partial charge in [0, 0.05) is 0 Å². The summed E-state index contributed by atoms with van der Waals surface area (Å²) in [6.07, 6.45) is 0. The van der Waals surface area contributed by atoms with E-state index in [4.69, 9.17) is 4.74 Å². The average molecular weight is 358 g/mol. The summed E-state index contributed by atoms with van der Waals surface area (Å²) in [6, 6.07) is 19.4. The predicted octanol–water partition coefficient (Wildman–Crippen LogP) is 7.45. The molecule has 0 atom stereocenters. The van der Waals surface area contributed by atoms with E-state index >= 15 is 0 Å². The molecule has 0 fully saturated rings. The molecule has 0 aliphatic rings. The molecule has 0 aromatic heterocycles. The zero-order valence-electron chi connectivity index (χ0n) is 16.0. The van der Waals surface area contributed by atoms with Gasteiger partial charge in [0.1, 0.15) is 11.4 Å². The van der Waals surface area contributed by atoms with E-state index in [0.29, 0.717) is 11.4 Å². The minimum Gasteiger partial charge on any atom is -0.494 e. The van der Waals surface area contributed by atoms with Crippen LogP contribution in [0.4, 0.5) is 22.7 Å². The summed E-state index contributed by atoms with van der Waals surface area (Å²) < 4.78 is 5.34. The molecule has 0 amide bonds. The minimum absolute atomic E-state index is 0.696. The van der Waals surface area contributed by atoms with Gasteiger partial charge >= 0.3 is 0 Å². The summed E-state index contributed by atoms with van der Waals surface area (Å²) in [5, 5.41) is 17.2. The molecule has 27 heavy (non-hydrogen) atoms. The average Bonchev–Trinajstić information content (AvgIpc) is 2.67. The van der Waals surface area contributed by atoms with E-state index in [1.165, 1.54) is 5.56 Å². The van der Waals surface area contributed by atoms with Crippen molar-refractivity contribution >= 4 is 22.7 Å². The molecule has 0 heterocycles. The van der Waals surface area contributed by atoms with Crippen LogP contribution in [-0.4, -0.2) is 7.11 Å². The number of hydrogen-bond donors (Lipinski definition) is 0. The van der Waals surface area contributed by atoms with Crippen molar-refractivity contribution in [3.63, 3.8) is 0 Å². The zero-order valence-corrected chi connectivity index (χ0v) is 16.0. The molecule has 5 heteroatoms. The van der Waals surface area contributed by atoms with Crippen LogP contribution in [0.5, 0.6) is 5.75 Å². The Morgan fingerprint density at radius 3 is 1.67 bits per heavy atom. The lowest BCUT2D eigenvalue weighted by Gasteiger charge is -2.04. The molecule has 3 aromatic rings. The normalized spacial score (nSPS) is 11.4. The molecule has 0 radical (unpaired) electrons. The summed E-state index contributed by atoms with van der Waals surface area (Å²) in [5.41, 5.74) is 6.51. The van der Waals surface area contributed by atoms with E-state index in [0.717, 1.165) is 28.2 Å². The fourth-order valence-electron chi connectivity index (χ4n) is 2.59. The second-order valence-electron chi connectivity index (χ2n) is 6.38. The molecule has 136 valence electrons. The van der Waals surface area contributed by atoms with Gasteiger partial charge in [-0.3, -0.25) is 0 Å². The lowest BCUT2D eigenvalue weighted by atomic mass is 10.1. The first-order chi connectivity index (χ1) is 13.0. The lowest BCUT2D eigenvalue weighted by molar-refractivity contribution is 0.415. The van der Waals surface area contributed by atoms with Crippen LogP contribution in [0.25, 0.3) is 0 Å². The first-order valence-electron chi connectivity index (χ1n) is 8.70. The summed E-state index contributed by atoms with van der Waals surface area (Å²) in [5.74, 6) is 0.706. The van der Waals surface area contributed by atoms with Crippen molar-refractivity contribution < 1.29 is 4.74 Å². The molecule has 0 unspecified atom stereocenters. The number of benzene rings is 3. The van der Waals surface area contributed by atoms with Crippen LogP contribution in [0, 0.1) is 20.8 Å². The first kappa shape index (κ1) is 18.5. The predicted molar refractivity (Wildman–Crippen MR) is 108 cm³/mol. The Hall–Kier alpha value is -3.34. The van der Waals surface area contributed by atoms with Gasteiger partial charge in [-0.1, -0.05) is 23.8 Å². The number of methoxy groups -OCH3 is 1. The third-order valence-corrected chi connectivity index (χ3v) is 4.08. The van der Waals surface area contributed by atoms with Gasteiger partial charge < -0.3 is 4.74 Å². The molecule has 0 saturated heterocycles. The van der Waals surface area contributed by atoms with E-state index in [1.54, 1.807) is 7.11 Å². The maximum Gasteiger partial charge on any atom is 0.146 e. The molecular formula is C22H22N4O. The van der Waals surface area contributed by atoms with Gasteiger partial charge in [-0.15, -0.1) is 5.11 Å². The van der Waals surface area contributed by atoms with Crippen molar-refractivity contribution in [2.75, 3.05) is 7.11 Å². The van der Waals surface area contributed by atoms with Crippen molar-refractivity contribution in [1.29, 1.82) is 0 Å². The number of rotatable bonds is 5. The van der Waals surface area contributed by atoms with E-state index in [9.17, 15) is 0 Å². The smallest absolute Gasteiger partial charge is 0.146 e. The summed E-state index contributed by atoms with van der Waals surface area (Å²) >= 11 is 0. The van der Waals surface area contributed by atoms with Crippen molar-refractivity contribution in [3.8, 4) is 5.75 Å². The van der Waals surface area contributed by atoms with Crippen LogP contribution in [0.3, 0.4) is 0 Å². The van der Waals surface area contributed by atoms with Gasteiger partial charge in [0.15, 0.2) is 0 Å². The van der Waals surface area contributed by atoms with E-state index < -0.39 is 0 Å². The Kier molecular flexibility index (Phi) is 5.71. The highest BCUT2D eigenvalue weighted by Crippen LogP contribution is 2.30. The molecule has 0 N–H and O–H groups in total. The van der Waals surface area contributed by atoms with Crippen molar-refractivity contribution in [2.24, 2.45) is 20.5 Å². The Balaban J connectivity index is 1.73. The molecular weight excluding hydrogens is 336 g/mol. The SMILES string of the molecule is COc1cc(C)ccc1N=Nc1ccc(N=Nc2ccc(C)cc2C)cc1. The van der Waals surface area contributed by atoms with Gasteiger partial charge in [0.25, 0.3) is 0 Å². The Morgan fingerprint density at radius 1 is 0.593 bits per heavy atom. The molecule has 0 aliphatic carbocycles. The van der Waals surface area contributed by atoms with Crippen molar-refractivity contribution in [1.82, 2.24) is 0 Å². The molecule has 3 rings (SSSR count). The Labute approximate surface area is 159 Å². The third-order valence-electron chi connectivity index (χ3n) is 4.08. The maximum atomic E-state index is 5.34.